The molecule has 81 valence electrons. The van der Waals surface area contributed by atoms with Crippen molar-refractivity contribution in [3.8, 4) is 0 Å². The maximum Gasteiger partial charge on any atom is 0.267 e. The Morgan fingerprint density at radius 3 is 2.87 bits per heavy atom. The second kappa shape index (κ2) is 7.01. The molecule has 1 amide bonds. The molecule has 4 heteroatoms. The molecule has 1 aliphatic carbocycles. The molecule has 2 N–H and O–H groups in total. The molecule has 0 heterocycles. The zero-order chi connectivity index (χ0) is 10.4. The monoisotopic (exact) mass is 431 g/mol. The van der Waals surface area contributed by atoms with Gasteiger partial charge in [0.25, 0.3) is 5.91 Å². The van der Waals surface area contributed by atoms with Crippen LogP contribution in [0.5, 0.6) is 0 Å². The van der Waals surface area contributed by atoms with Gasteiger partial charge in [0.05, 0.1) is 0 Å². The quantitative estimate of drug-likeness (QED) is 0.302. The van der Waals surface area contributed by atoms with Crippen LogP contribution in [0.4, 0.5) is 0 Å². The summed E-state index contributed by atoms with van der Waals surface area (Å²) in [5, 5.41) is 8.25. The molecule has 0 aromatic heterocycles. The van der Waals surface area contributed by atoms with Crippen LogP contribution < -0.4 is 5.48 Å². The number of amides is 1. The number of carbonyl (C=O) groups excluding carboxylic acids is 1. The van der Waals surface area contributed by atoms with Gasteiger partial charge in [-0.05, 0) is 5.57 Å². The van der Waals surface area contributed by atoms with Crippen LogP contribution in [0.2, 0.25) is 0 Å². The Morgan fingerprint density at radius 1 is 1.47 bits per heavy atom. The van der Waals surface area contributed by atoms with Crippen molar-refractivity contribution in [3.05, 3.63) is 54.5 Å². The average Bonchev–Trinajstić information content (AvgIpc) is 2.39. The minimum atomic E-state index is -0.536. The summed E-state index contributed by atoms with van der Waals surface area (Å²) < 4.78 is 0. The van der Waals surface area contributed by atoms with E-state index in [2.05, 4.69) is 6.92 Å². The molecule has 0 saturated heterocycles. The minimum absolute atomic E-state index is 0. The molecular weight excluding hydrogens is 421 g/mol. The van der Waals surface area contributed by atoms with Crippen LogP contribution in [0.25, 0.3) is 0 Å². The normalized spacial score (nSPS) is 15.0. The molecule has 1 rings (SSSR count). The maximum atomic E-state index is 10.7. The zero-order valence-electron chi connectivity index (χ0n) is 8.11. The van der Waals surface area contributed by atoms with Gasteiger partial charge in [0.15, 0.2) is 0 Å². The van der Waals surface area contributed by atoms with Gasteiger partial charge in [0, 0.05) is 20.4 Å². The smallest absolute Gasteiger partial charge is 0.267 e. The first-order valence-corrected chi connectivity index (χ1v) is 4.25. The van der Waals surface area contributed by atoms with Gasteiger partial charge in [-0.1, -0.05) is 18.6 Å². The molecule has 0 saturated carbocycles. The molecule has 0 aromatic carbocycles. The number of nitrogens with one attached hydrogen (secondary N) is 1. The summed E-state index contributed by atoms with van der Waals surface area (Å²) in [6.45, 7) is 3.80. The Kier molecular flexibility index (Phi) is 6.38. The van der Waals surface area contributed by atoms with Crippen molar-refractivity contribution in [3.63, 3.8) is 0 Å². The standard InChI is InChI=1S/C11H12NO2.Am/c1-9-3-2-4-10(6-5-9)7-8-11(13)12-14;/h3-8,14H,1-2H2,(H,12,13);/q-1;/b8-7+;. The van der Waals surface area contributed by atoms with Gasteiger partial charge in [-0.25, -0.2) is 5.48 Å². The van der Waals surface area contributed by atoms with Gasteiger partial charge < -0.3 is 0 Å². The Hall–Kier alpha value is -1.35. The molecule has 0 spiro atoms. The molecule has 1 aliphatic rings. The van der Waals surface area contributed by atoms with Crippen molar-refractivity contribution >= 4 is 5.91 Å². The molecular formula is C11H12AmNO2-. The molecule has 0 atom stereocenters. The van der Waals surface area contributed by atoms with E-state index in [9.17, 15) is 4.79 Å². The van der Waals surface area contributed by atoms with E-state index in [1.807, 2.05) is 24.3 Å². The van der Waals surface area contributed by atoms with Crippen LogP contribution in [-0.2, 0) is 4.79 Å². The fourth-order valence-corrected chi connectivity index (χ4v) is 1.02. The largest absolute Gasteiger partial charge is 0.288 e. The number of rotatable bonds is 2. The van der Waals surface area contributed by atoms with E-state index in [0.717, 1.165) is 17.6 Å². The average molecular weight is 433 g/mol. The van der Waals surface area contributed by atoms with Gasteiger partial charge in [-0.2, -0.15) is 24.6 Å². The second-order valence-corrected chi connectivity index (χ2v) is 2.86. The molecule has 3 nitrogen and oxygen atoms in total. The van der Waals surface area contributed by atoms with Crippen LogP contribution in [-0.4, -0.2) is 11.1 Å². The van der Waals surface area contributed by atoms with E-state index in [-0.39, 0.29) is 14.3 Å². The topological polar surface area (TPSA) is 49.3 Å². The first kappa shape index (κ1) is 13.6. The number of carbonyl (C=O) groups is 1. The first-order valence-electron chi connectivity index (χ1n) is 4.25. The van der Waals surface area contributed by atoms with Crippen LogP contribution >= 0.6 is 0 Å². The Balaban J connectivity index is 0.00000196. The van der Waals surface area contributed by atoms with Crippen molar-refractivity contribution in [2.24, 2.45) is 0 Å². The third-order valence-corrected chi connectivity index (χ3v) is 1.76. The minimum Gasteiger partial charge on any atom is -0.288 e. The summed E-state index contributed by atoms with van der Waals surface area (Å²) in [7, 11) is 0. The third-order valence-electron chi connectivity index (χ3n) is 1.76. The van der Waals surface area contributed by atoms with Crippen molar-refractivity contribution in [2.45, 2.75) is 6.42 Å². The van der Waals surface area contributed by atoms with E-state index in [0.29, 0.717) is 0 Å². The summed E-state index contributed by atoms with van der Waals surface area (Å²) in [5.74, 6) is -0.536. The Labute approximate surface area is 97.0 Å². The van der Waals surface area contributed by atoms with E-state index < -0.39 is 5.91 Å². The third kappa shape index (κ3) is 5.18. The van der Waals surface area contributed by atoms with Crippen LogP contribution in [0.3, 0.4) is 0 Å². The molecule has 1 radical (unpaired) electrons. The second-order valence-electron chi connectivity index (χ2n) is 2.86. The molecule has 0 fully saturated rings. The van der Waals surface area contributed by atoms with E-state index >= 15 is 0 Å². The predicted molar refractivity (Wildman–Crippen MR) is 54.3 cm³/mol. The van der Waals surface area contributed by atoms with Gasteiger partial charge >= 0.3 is 0 Å². The van der Waals surface area contributed by atoms with Gasteiger partial charge in [-0.15, -0.1) is 6.08 Å². The number of allylic oxidation sites excluding steroid dienone is 7. The molecule has 15 heavy (non-hydrogen) atoms. The number of hydrogen-bond donors (Lipinski definition) is 2. The van der Waals surface area contributed by atoms with Crippen molar-refractivity contribution in [1.29, 1.82) is 0 Å². The van der Waals surface area contributed by atoms with Crippen molar-refractivity contribution < 1.29 is 24.3 Å². The van der Waals surface area contributed by atoms with Crippen LogP contribution in [0.1, 0.15) is 6.42 Å². The molecule has 0 unspecified atom stereocenters. The van der Waals surface area contributed by atoms with Gasteiger partial charge in [0.2, 0.25) is 0 Å². The first-order chi connectivity index (χ1) is 6.72. The Bertz CT molecular complexity index is 340. The van der Waals surface area contributed by atoms with E-state index in [4.69, 9.17) is 5.21 Å². The number of hydroxylamine groups is 1. The summed E-state index contributed by atoms with van der Waals surface area (Å²) in [6.07, 6.45) is 11.4. The fourth-order valence-electron chi connectivity index (χ4n) is 1.02. The van der Waals surface area contributed by atoms with Crippen LogP contribution in [0, 0.1) is 21.2 Å². The molecule has 0 aromatic rings. The molecule has 0 aliphatic heterocycles. The van der Waals surface area contributed by atoms with E-state index in [1.165, 1.54) is 11.6 Å². The van der Waals surface area contributed by atoms with E-state index in [1.54, 1.807) is 6.08 Å². The zero-order valence-corrected chi connectivity index (χ0v) is 11.3. The van der Waals surface area contributed by atoms with Crippen molar-refractivity contribution in [2.75, 3.05) is 0 Å². The molecule has 0 bridgehead atoms. The fraction of sp³-hybridized carbons (Fsp3) is 0.0909. The number of hydrogen-bond acceptors (Lipinski definition) is 2. The van der Waals surface area contributed by atoms with Gasteiger partial charge in [-0.3, -0.25) is 10.0 Å². The van der Waals surface area contributed by atoms with Crippen LogP contribution in [0.15, 0.2) is 47.6 Å². The maximum absolute atomic E-state index is 10.7. The summed E-state index contributed by atoms with van der Waals surface area (Å²) in [5.41, 5.74) is 3.40. The van der Waals surface area contributed by atoms with Gasteiger partial charge in [0.1, 0.15) is 0 Å². The summed E-state index contributed by atoms with van der Waals surface area (Å²) in [4.78, 5) is 10.7. The SMILES string of the molecule is [Am].[CH2-]C1=CCC=C(/C=C/C(=O)NO)C=C1. The predicted octanol–water partition coefficient (Wildman–Crippen LogP) is 1.69. The summed E-state index contributed by atoms with van der Waals surface area (Å²) >= 11 is 0. The van der Waals surface area contributed by atoms with Crippen molar-refractivity contribution in [1.82, 2.24) is 5.48 Å². The summed E-state index contributed by atoms with van der Waals surface area (Å²) in [6, 6.07) is 0. The Morgan fingerprint density at radius 2 is 2.20 bits per heavy atom.